The van der Waals surface area contributed by atoms with Crippen molar-refractivity contribution in [1.29, 1.82) is 0 Å². The van der Waals surface area contributed by atoms with Crippen LogP contribution in [0.4, 0.5) is 10.5 Å². The zero-order valence-electron chi connectivity index (χ0n) is 20.4. The van der Waals surface area contributed by atoms with Crippen LogP contribution in [0, 0.1) is 0 Å². The summed E-state index contributed by atoms with van der Waals surface area (Å²) in [4.78, 5) is 40.0. The van der Waals surface area contributed by atoms with Gasteiger partial charge in [0.05, 0.1) is 12.2 Å². The van der Waals surface area contributed by atoms with Gasteiger partial charge in [-0.2, -0.15) is 0 Å². The molecule has 186 valence electrons. The molecule has 0 fully saturated rings. The number of amides is 4. The van der Waals surface area contributed by atoms with E-state index in [1.54, 1.807) is 30.6 Å². The van der Waals surface area contributed by atoms with Gasteiger partial charge in [-0.15, -0.1) is 11.8 Å². The van der Waals surface area contributed by atoms with Gasteiger partial charge >= 0.3 is 6.03 Å². The number of hydrogen-bond donors (Lipinski definition) is 3. The number of thioether (sulfide) groups is 1. The highest BCUT2D eigenvalue weighted by Crippen LogP contribution is 2.35. The number of hydrogen-bond acceptors (Lipinski definition) is 4. The Kier molecular flexibility index (Phi) is 8.28. The second-order valence-corrected chi connectivity index (χ2v) is 9.53. The van der Waals surface area contributed by atoms with Crippen molar-refractivity contribution in [2.75, 3.05) is 17.7 Å². The molecule has 36 heavy (non-hydrogen) atoms. The Bertz CT molecular complexity index is 1250. The zero-order valence-corrected chi connectivity index (χ0v) is 21.2. The lowest BCUT2D eigenvalue weighted by Crippen LogP contribution is -2.49. The standard InChI is InChI=1S/C28H30N4O3S/c1-3-26(33)31-23-18-36-25-11-7-6-10-24(25)32(27(23)34)17-19-12-14-20(15-13-19)22-9-5-4-8-21(22)16-30-28(35)29-2/h4-15,23H,3,16-18H2,1-2H3,(H,31,33)(H2,29,30,35)/t23-/m1/s1. The summed E-state index contributed by atoms with van der Waals surface area (Å²) in [5.41, 5.74) is 4.91. The Labute approximate surface area is 215 Å². The minimum absolute atomic E-state index is 0.107. The second kappa shape index (κ2) is 11.8. The molecule has 3 aromatic carbocycles. The monoisotopic (exact) mass is 502 g/mol. The van der Waals surface area contributed by atoms with Crippen molar-refractivity contribution >= 4 is 35.3 Å². The summed E-state index contributed by atoms with van der Waals surface area (Å²) < 4.78 is 0. The lowest BCUT2D eigenvalue weighted by molar-refractivity contribution is -0.127. The Morgan fingerprint density at radius 1 is 1.00 bits per heavy atom. The SMILES string of the molecule is CCC(=O)N[C@@H]1CSc2ccccc2N(Cc2ccc(-c3ccccc3CNC(=O)NC)cc2)C1=O. The fraction of sp³-hybridized carbons (Fsp3) is 0.250. The maximum atomic E-state index is 13.5. The quantitative estimate of drug-likeness (QED) is 0.449. The molecule has 0 saturated carbocycles. The highest BCUT2D eigenvalue weighted by atomic mass is 32.2. The summed E-state index contributed by atoms with van der Waals surface area (Å²) in [7, 11) is 1.59. The third-order valence-electron chi connectivity index (χ3n) is 6.07. The van der Waals surface area contributed by atoms with Gasteiger partial charge in [0.15, 0.2) is 0 Å². The van der Waals surface area contributed by atoms with Crippen LogP contribution in [-0.4, -0.2) is 36.7 Å². The maximum absolute atomic E-state index is 13.5. The molecule has 4 rings (SSSR count). The lowest BCUT2D eigenvalue weighted by atomic mass is 9.98. The van der Waals surface area contributed by atoms with E-state index in [1.807, 2.05) is 72.8 Å². The van der Waals surface area contributed by atoms with E-state index in [2.05, 4.69) is 16.0 Å². The van der Waals surface area contributed by atoms with Crippen molar-refractivity contribution in [3.63, 3.8) is 0 Å². The Hall–Kier alpha value is -3.78. The average molecular weight is 503 g/mol. The number of carbonyl (C=O) groups is 3. The molecular formula is C28H30N4O3S. The summed E-state index contributed by atoms with van der Waals surface area (Å²) in [5, 5.41) is 8.29. The van der Waals surface area contributed by atoms with Crippen LogP contribution in [-0.2, 0) is 22.7 Å². The Balaban J connectivity index is 1.57. The first kappa shape index (κ1) is 25.3. The van der Waals surface area contributed by atoms with E-state index in [4.69, 9.17) is 0 Å². The van der Waals surface area contributed by atoms with Crippen LogP contribution in [0.2, 0.25) is 0 Å². The maximum Gasteiger partial charge on any atom is 0.314 e. The van der Waals surface area contributed by atoms with Gasteiger partial charge in [-0.05, 0) is 34.4 Å². The molecular weight excluding hydrogens is 472 g/mol. The number of para-hydroxylation sites is 1. The van der Waals surface area contributed by atoms with Gasteiger partial charge in [0.1, 0.15) is 6.04 Å². The van der Waals surface area contributed by atoms with Crippen LogP contribution in [0.3, 0.4) is 0 Å². The van der Waals surface area contributed by atoms with Gasteiger partial charge in [0.2, 0.25) is 5.91 Å². The number of anilines is 1. The minimum Gasteiger partial charge on any atom is -0.343 e. The van der Waals surface area contributed by atoms with E-state index in [9.17, 15) is 14.4 Å². The molecule has 1 heterocycles. The first-order valence-electron chi connectivity index (χ1n) is 12.0. The van der Waals surface area contributed by atoms with Gasteiger partial charge in [-0.3, -0.25) is 9.59 Å². The average Bonchev–Trinajstić information content (AvgIpc) is 3.04. The molecule has 0 aliphatic carbocycles. The van der Waals surface area contributed by atoms with Crippen molar-refractivity contribution in [3.05, 3.63) is 83.9 Å². The number of urea groups is 1. The molecule has 0 aromatic heterocycles. The number of benzene rings is 3. The number of nitrogens with one attached hydrogen (secondary N) is 3. The van der Waals surface area contributed by atoms with Crippen molar-refractivity contribution in [2.45, 2.75) is 37.4 Å². The Morgan fingerprint density at radius 3 is 2.47 bits per heavy atom. The van der Waals surface area contributed by atoms with Gasteiger partial charge in [-0.25, -0.2) is 4.79 Å². The van der Waals surface area contributed by atoms with Gasteiger partial charge in [-0.1, -0.05) is 67.6 Å². The third-order valence-corrected chi connectivity index (χ3v) is 7.23. The molecule has 0 bridgehead atoms. The zero-order chi connectivity index (χ0) is 25.5. The first-order valence-corrected chi connectivity index (χ1v) is 12.9. The summed E-state index contributed by atoms with van der Waals surface area (Å²) in [6, 6.07) is 23.1. The van der Waals surface area contributed by atoms with Gasteiger partial charge in [0, 0.05) is 30.7 Å². The molecule has 1 atom stereocenters. The van der Waals surface area contributed by atoms with E-state index in [1.165, 1.54) is 0 Å². The summed E-state index contributed by atoms with van der Waals surface area (Å²) >= 11 is 1.59. The fourth-order valence-corrected chi connectivity index (χ4v) is 5.18. The fourth-order valence-electron chi connectivity index (χ4n) is 4.11. The van der Waals surface area contributed by atoms with Crippen molar-refractivity contribution < 1.29 is 14.4 Å². The van der Waals surface area contributed by atoms with Crippen molar-refractivity contribution in [1.82, 2.24) is 16.0 Å². The van der Waals surface area contributed by atoms with Gasteiger partial charge in [0.25, 0.3) is 5.91 Å². The molecule has 0 unspecified atom stereocenters. The molecule has 1 aliphatic heterocycles. The summed E-state index contributed by atoms with van der Waals surface area (Å²) in [5.74, 6) is 0.260. The molecule has 1 aliphatic rings. The minimum atomic E-state index is -0.575. The second-order valence-electron chi connectivity index (χ2n) is 8.46. The molecule has 0 radical (unpaired) electrons. The summed E-state index contributed by atoms with van der Waals surface area (Å²) in [6.07, 6.45) is 0.336. The Morgan fingerprint density at radius 2 is 1.72 bits per heavy atom. The van der Waals surface area contributed by atoms with Gasteiger partial charge < -0.3 is 20.9 Å². The van der Waals surface area contributed by atoms with Crippen LogP contribution >= 0.6 is 11.8 Å². The van der Waals surface area contributed by atoms with Crippen LogP contribution in [0.5, 0.6) is 0 Å². The van der Waals surface area contributed by atoms with Crippen LogP contribution in [0.15, 0.2) is 77.7 Å². The van der Waals surface area contributed by atoms with E-state index in [0.717, 1.165) is 32.8 Å². The van der Waals surface area contributed by atoms with E-state index < -0.39 is 6.04 Å². The summed E-state index contributed by atoms with van der Waals surface area (Å²) in [6.45, 7) is 2.60. The molecule has 0 spiro atoms. The predicted octanol–water partition coefficient (Wildman–Crippen LogP) is 4.32. The molecule has 4 amide bonds. The molecule has 7 nitrogen and oxygen atoms in total. The smallest absolute Gasteiger partial charge is 0.314 e. The number of carbonyl (C=O) groups excluding carboxylic acids is 3. The lowest BCUT2D eigenvalue weighted by Gasteiger charge is -2.26. The van der Waals surface area contributed by atoms with E-state index in [-0.39, 0.29) is 17.8 Å². The number of fused-ring (bicyclic) bond motifs is 1. The highest BCUT2D eigenvalue weighted by molar-refractivity contribution is 7.99. The molecule has 3 aromatic rings. The number of rotatable bonds is 7. The topological polar surface area (TPSA) is 90.5 Å². The van der Waals surface area contributed by atoms with Crippen LogP contribution in [0.1, 0.15) is 24.5 Å². The van der Waals surface area contributed by atoms with Crippen molar-refractivity contribution in [2.24, 2.45) is 0 Å². The largest absolute Gasteiger partial charge is 0.343 e. The van der Waals surface area contributed by atoms with Crippen LogP contribution in [0.25, 0.3) is 11.1 Å². The molecule has 8 heteroatoms. The first-order chi connectivity index (χ1) is 17.5. The highest BCUT2D eigenvalue weighted by Gasteiger charge is 2.31. The van der Waals surface area contributed by atoms with Crippen molar-refractivity contribution in [3.8, 4) is 11.1 Å². The molecule has 3 N–H and O–H groups in total. The molecule has 0 saturated heterocycles. The van der Waals surface area contributed by atoms with Crippen LogP contribution < -0.4 is 20.9 Å². The third kappa shape index (κ3) is 5.88. The van der Waals surface area contributed by atoms with E-state index >= 15 is 0 Å². The number of nitrogens with zero attached hydrogens (tertiary/aromatic N) is 1. The normalized spacial score (nSPS) is 15.0. The van der Waals surface area contributed by atoms with E-state index in [0.29, 0.717) is 25.3 Å². The predicted molar refractivity (Wildman–Crippen MR) is 144 cm³/mol.